The van der Waals surface area contributed by atoms with Crippen molar-refractivity contribution in [3.8, 4) is 0 Å². The zero-order chi connectivity index (χ0) is 14.3. The molecule has 5 nitrogen and oxygen atoms in total. The van der Waals surface area contributed by atoms with Gasteiger partial charge < -0.3 is 15.2 Å². The minimum Gasteiger partial charge on any atom is -0.481 e. The Morgan fingerprint density at radius 2 is 2.11 bits per heavy atom. The molecule has 7 heteroatoms. The smallest absolute Gasteiger partial charge is 0.306 e. The fraction of sp³-hybridized carbons (Fsp3) is 0.833. The van der Waals surface area contributed by atoms with Gasteiger partial charge in [0, 0.05) is 13.0 Å². The molecule has 2 atom stereocenters. The molecule has 0 aliphatic heterocycles. The molecule has 0 aromatic carbocycles. The predicted octanol–water partition coefficient (Wildman–Crippen LogP) is 1.28. The summed E-state index contributed by atoms with van der Waals surface area (Å²) in [6.45, 7) is -0.398. The van der Waals surface area contributed by atoms with Gasteiger partial charge in [0.25, 0.3) is 6.43 Å². The number of nitrogens with one attached hydrogen (secondary N) is 1. The van der Waals surface area contributed by atoms with E-state index in [1.165, 1.54) is 0 Å². The van der Waals surface area contributed by atoms with E-state index >= 15 is 0 Å². The number of amides is 1. The number of halogens is 2. The van der Waals surface area contributed by atoms with Gasteiger partial charge in [-0.05, 0) is 18.8 Å². The SMILES string of the molecule is O=C(CCOCC(F)F)NCC1CCCC1C(=O)O. The number of hydrogen-bond donors (Lipinski definition) is 2. The zero-order valence-corrected chi connectivity index (χ0v) is 10.6. The van der Waals surface area contributed by atoms with E-state index in [1.807, 2.05) is 0 Å². The minimum absolute atomic E-state index is 0.0111. The summed E-state index contributed by atoms with van der Waals surface area (Å²) in [5.74, 6) is -1.55. The van der Waals surface area contributed by atoms with Crippen LogP contribution in [0.15, 0.2) is 0 Å². The van der Waals surface area contributed by atoms with Crippen LogP contribution in [0.4, 0.5) is 8.78 Å². The van der Waals surface area contributed by atoms with E-state index in [2.05, 4.69) is 10.1 Å². The van der Waals surface area contributed by atoms with Crippen molar-refractivity contribution in [1.29, 1.82) is 0 Å². The standard InChI is InChI=1S/C12H19F2NO4/c13-10(14)7-19-5-4-11(16)15-6-8-2-1-3-9(8)12(17)18/h8-10H,1-7H2,(H,15,16)(H,17,18). The highest BCUT2D eigenvalue weighted by atomic mass is 19.3. The van der Waals surface area contributed by atoms with E-state index in [0.717, 1.165) is 12.8 Å². The molecule has 0 bridgehead atoms. The molecule has 0 aromatic rings. The van der Waals surface area contributed by atoms with Crippen molar-refractivity contribution in [2.75, 3.05) is 19.8 Å². The molecular formula is C12H19F2NO4. The quantitative estimate of drug-likeness (QED) is 0.656. The molecule has 0 spiro atoms. The van der Waals surface area contributed by atoms with Gasteiger partial charge in [-0.2, -0.15) is 0 Å². The molecule has 1 rings (SSSR count). The van der Waals surface area contributed by atoms with Gasteiger partial charge in [-0.15, -0.1) is 0 Å². The molecule has 0 heterocycles. The highest BCUT2D eigenvalue weighted by Crippen LogP contribution is 2.31. The van der Waals surface area contributed by atoms with E-state index in [-0.39, 0.29) is 24.9 Å². The van der Waals surface area contributed by atoms with Gasteiger partial charge in [0.05, 0.1) is 12.5 Å². The van der Waals surface area contributed by atoms with E-state index in [9.17, 15) is 18.4 Å². The predicted molar refractivity (Wildman–Crippen MR) is 62.9 cm³/mol. The minimum atomic E-state index is -2.53. The lowest BCUT2D eigenvalue weighted by atomic mass is 9.96. The molecule has 1 fully saturated rings. The first-order valence-electron chi connectivity index (χ1n) is 6.36. The summed E-state index contributed by atoms with van der Waals surface area (Å²) in [4.78, 5) is 22.3. The number of hydrogen-bond acceptors (Lipinski definition) is 3. The number of rotatable bonds is 8. The van der Waals surface area contributed by atoms with Crippen LogP contribution in [-0.4, -0.2) is 43.2 Å². The third-order valence-corrected chi connectivity index (χ3v) is 3.25. The topological polar surface area (TPSA) is 75.6 Å². The summed E-state index contributed by atoms with van der Waals surface area (Å²) in [6, 6.07) is 0. The third kappa shape index (κ3) is 5.96. The largest absolute Gasteiger partial charge is 0.481 e. The molecule has 0 radical (unpaired) electrons. The summed E-state index contributed by atoms with van der Waals surface area (Å²) in [5.41, 5.74) is 0. The number of carbonyl (C=O) groups excluding carboxylic acids is 1. The van der Waals surface area contributed by atoms with Crippen LogP contribution in [-0.2, 0) is 14.3 Å². The van der Waals surface area contributed by atoms with Gasteiger partial charge in [0.2, 0.25) is 5.91 Å². The second-order valence-electron chi connectivity index (χ2n) is 4.66. The van der Waals surface area contributed by atoms with Crippen molar-refractivity contribution in [3.05, 3.63) is 0 Å². The highest BCUT2D eigenvalue weighted by molar-refractivity contribution is 5.76. The van der Waals surface area contributed by atoms with Gasteiger partial charge >= 0.3 is 5.97 Å². The number of carboxylic acid groups (broad SMARTS) is 1. The summed E-state index contributed by atoms with van der Waals surface area (Å²) in [5, 5.41) is 11.6. The third-order valence-electron chi connectivity index (χ3n) is 3.25. The first-order chi connectivity index (χ1) is 9.00. The highest BCUT2D eigenvalue weighted by Gasteiger charge is 2.32. The van der Waals surface area contributed by atoms with Gasteiger partial charge in [-0.25, -0.2) is 8.78 Å². The maximum atomic E-state index is 11.7. The number of aliphatic carboxylic acids is 1. The van der Waals surface area contributed by atoms with E-state index < -0.39 is 24.9 Å². The maximum absolute atomic E-state index is 11.7. The van der Waals surface area contributed by atoms with Crippen LogP contribution in [0.25, 0.3) is 0 Å². The average Bonchev–Trinajstić information content (AvgIpc) is 2.80. The number of alkyl halides is 2. The number of carbonyl (C=O) groups is 2. The Bertz CT molecular complexity index is 312. The Balaban J connectivity index is 2.14. The molecule has 110 valence electrons. The average molecular weight is 279 g/mol. The van der Waals surface area contributed by atoms with Crippen molar-refractivity contribution < 1.29 is 28.2 Å². The number of carboxylic acids is 1. The van der Waals surface area contributed by atoms with Crippen LogP contribution in [0.3, 0.4) is 0 Å². The summed E-state index contributed by atoms with van der Waals surface area (Å²) in [7, 11) is 0. The first-order valence-corrected chi connectivity index (χ1v) is 6.36. The lowest BCUT2D eigenvalue weighted by Gasteiger charge is -2.16. The molecule has 1 aliphatic rings. The molecule has 2 N–H and O–H groups in total. The molecule has 0 aromatic heterocycles. The normalized spacial score (nSPS) is 22.7. The van der Waals surface area contributed by atoms with E-state index in [4.69, 9.17) is 5.11 Å². The Morgan fingerprint density at radius 3 is 2.74 bits per heavy atom. The van der Waals surface area contributed by atoms with Crippen LogP contribution in [0.2, 0.25) is 0 Å². The van der Waals surface area contributed by atoms with Crippen molar-refractivity contribution >= 4 is 11.9 Å². The first kappa shape index (κ1) is 15.8. The van der Waals surface area contributed by atoms with Crippen molar-refractivity contribution in [1.82, 2.24) is 5.32 Å². The Morgan fingerprint density at radius 1 is 1.37 bits per heavy atom. The van der Waals surface area contributed by atoms with Crippen molar-refractivity contribution in [2.24, 2.45) is 11.8 Å². The summed E-state index contributed by atoms with van der Waals surface area (Å²) >= 11 is 0. The number of ether oxygens (including phenoxy) is 1. The lowest BCUT2D eigenvalue weighted by molar-refractivity contribution is -0.143. The maximum Gasteiger partial charge on any atom is 0.306 e. The molecule has 1 aliphatic carbocycles. The Kier molecular flexibility index (Phi) is 6.69. The van der Waals surface area contributed by atoms with Crippen LogP contribution in [0.1, 0.15) is 25.7 Å². The Labute approximate surface area is 110 Å². The molecule has 1 saturated carbocycles. The monoisotopic (exact) mass is 279 g/mol. The molecular weight excluding hydrogens is 260 g/mol. The van der Waals surface area contributed by atoms with Gasteiger partial charge in [0.15, 0.2) is 0 Å². The summed E-state index contributed by atoms with van der Waals surface area (Å²) in [6.07, 6.45) is -0.225. The zero-order valence-electron chi connectivity index (χ0n) is 10.6. The van der Waals surface area contributed by atoms with E-state index in [1.54, 1.807) is 0 Å². The molecule has 19 heavy (non-hydrogen) atoms. The van der Waals surface area contributed by atoms with Gasteiger partial charge in [-0.3, -0.25) is 9.59 Å². The fourth-order valence-electron chi connectivity index (χ4n) is 2.28. The van der Waals surface area contributed by atoms with Crippen molar-refractivity contribution in [3.63, 3.8) is 0 Å². The second-order valence-corrected chi connectivity index (χ2v) is 4.66. The molecule has 1 amide bonds. The van der Waals surface area contributed by atoms with Crippen LogP contribution >= 0.6 is 0 Å². The molecule has 2 unspecified atom stereocenters. The van der Waals surface area contributed by atoms with E-state index in [0.29, 0.717) is 13.0 Å². The summed E-state index contributed by atoms with van der Waals surface area (Å²) < 4.78 is 28.1. The second kappa shape index (κ2) is 8.04. The molecule has 0 saturated heterocycles. The van der Waals surface area contributed by atoms with Gasteiger partial charge in [-0.1, -0.05) is 6.42 Å². The van der Waals surface area contributed by atoms with Crippen molar-refractivity contribution in [2.45, 2.75) is 32.1 Å². The van der Waals surface area contributed by atoms with Crippen LogP contribution in [0.5, 0.6) is 0 Å². The fourth-order valence-corrected chi connectivity index (χ4v) is 2.28. The van der Waals surface area contributed by atoms with Crippen LogP contribution in [0, 0.1) is 11.8 Å². The van der Waals surface area contributed by atoms with Crippen LogP contribution < -0.4 is 5.32 Å². The van der Waals surface area contributed by atoms with Gasteiger partial charge in [0.1, 0.15) is 6.61 Å². The lowest BCUT2D eigenvalue weighted by Crippen LogP contribution is -2.33. The Hall–Kier alpha value is -1.24.